The summed E-state index contributed by atoms with van der Waals surface area (Å²) in [7, 11) is -3.75. The Hall–Kier alpha value is -1.68. The van der Waals surface area contributed by atoms with Crippen LogP contribution in [0.25, 0.3) is 0 Å². The number of hydrogen-bond donors (Lipinski definition) is 0. The summed E-state index contributed by atoms with van der Waals surface area (Å²) >= 11 is -1.01. The van der Waals surface area contributed by atoms with E-state index in [1.54, 1.807) is 0 Å². The number of halogens is 1. The zero-order chi connectivity index (χ0) is 14.6. The van der Waals surface area contributed by atoms with E-state index >= 15 is 0 Å². The minimum Gasteiger partial charge on any atom is -0.258 e. The monoisotopic (exact) mass is 404 g/mol. The molecule has 0 aromatic heterocycles. The van der Waals surface area contributed by atoms with Gasteiger partial charge in [-0.15, -0.1) is 2.55 Å². The molecule has 0 atom stereocenters. The van der Waals surface area contributed by atoms with Crippen LogP contribution < -0.4 is 0 Å². The van der Waals surface area contributed by atoms with Crippen LogP contribution >= 0.6 is 21.0 Å². The normalized spacial score (nSPS) is 12.0. The van der Waals surface area contributed by atoms with E-state index in [2.05, 4.69) is 2.55 Å². The van der Waals surface area contributed by atoms with Crippen molar-refractivity contribution in [1.29, 1.82) is 0 Å². The maximum absolute atomic E-state index is 12.0. The van der Waals surface area contributed by atoms with Crippen molar-refractivity contribution in [3.8, 4) is 0 Å². The lowest BCUT2D eigenvalue weighted by atomic mass is 10.3. The van der Waals surface area contributed by atoms with Crippen LogP contribution in [0.3, 0.4) is 0 Å². The Morgan fingerprint density at radius 1 is 1.00 bits per heavy atom. The molecular formula is C12H9IN2O4S. The lowest BCUT2D eigenvalue weighted by Crippen LogP contribution is -1.95. The second kappa shape index (κ2) is 6.18. The molecule has 2 rings (SSSR count). The highest BCUT2D eigenvalue weighted by Crippen LogP contribution is 2.22. The van der Waals surface area contributed by atoms with Crippen LogP contribution in [0.2, 0.25) is 0 Å². The molecule has 104 valence electrons. The molecular weight excluding hydrogens is 395 g/mol. The average molecular weight is 404 g/mol. The average Bonchev–Trinajstić information content (AvgIpc) is 2.46. The Bertz CT molecular complexity index is 743. The second-order valence-corrected chi connectivity index (χ2v) is 8.14. The number of sulfonamides is 1. The third-order valence-corrected chi connectivity index (χ3v) is 6.84. The fourth-order valence-electron chi connectivity index (χ4n) is 1.34. The first-order chi connectivity index (χ1) is 9.49. The lowest BCUT2D eigenvalue weighted by Gasteiger charge is -1.97. The van der Waals surface area contributed by atoms with Gasteiger partial charge in [0.15, 0.2) is 0 Å². The number of nitro groups is 1. The van der Waals surface area contributed by atoms with Crippen LogP contribution in [-0.4, -0.2) is 13.3 Å². The Kier molecular flexibility index (Phi) is 4.55. The van der Waals surface area contributed by atoms with Crippen LogP contribution in [-0.2, 0) is 10.0 Å². The summed E-state index contributed by atoms with van der Waals surface area (Å²) in [5.74, 6) is 0. The first kappa shape index (κ1) is 14.7. The third-order valence-electron chi connectivity index (χ3n) is 2.30. The zero-order valence-corrected chi connectivity index (χ0v) is 13.0. The van der Waals surface area contributed by atoms with Crippen molar-refractivity contribution >= 4 is 36.7 Å². The summed E-state index contributed by atoms with van der Waals surface area (Å²) in [5, 5.41) is 10.5. The summed E-state index contributed by atoms with van der Waals surface area (Å²) in [4.78, 5) is 9.90. The van der Waals surface area contributed by atoms with Crippen molar-refractivity contribution < 1.29 is 13.3 Å². The highest BCUT2D eigenvalue weighted by atomic mass is 127. The molecule has 0 N–H and O–H groups in total. The van der Waals surface area contributed by atoms with Gasteiger partial charge in [0, 0.05) is 36.7 Å². The van der Waals surface area contributed by atoms with Crippen LogP contribution in [0.4, 0.5) is 5.69 Å². The first-order valence-electron chi connectivity index (χ1n) is 5.40. The molecule has 0 heterocycles. The van der Waals surface area contributed by atoms with Crippen molar-refractivity contribution in [2.24, 2.45) is 2.55 Å². The Balaban J connectivity index is 2.27. The van der Waals surface area contributed by atoms with Gasteiger partial charge in [0.05, 0.1) is 9.82 Å². The molecule has 0 amide bonds. The van der Waals surface area contributed by atoms with Crippen LogP contribution in [0.5, 0.6) is 0 Å². The topological polar surface area (TPSA) is 89.6 Å². The van der Waals surface area contributed by atoms with E-state index in [1.165, 1.54) is 12.1 Å². The minimum absolute atomic E-state index is 0.0290. The van der Waals surface area contributed by atoms with Gasteiger partial charge in [-0.25, -0.2) is 0 Å². The van der Waals surface area contributed by atoms with Crippen LogP contribution in [0.15, 0.2) is 62.0 Å². The first-order valence-corrected chi connectivity index (χ1v) is 8.88. The molecule has 6 nitrogen and oxygen atoms in total. The predicted molar refractivity (Wildman–Crippen MR) is 81.9 cm³/mol. The van der Waals surface area contributed by atoms with Gasteiger partial charge in [-0.1, -0.05) is 18.2 Å². The van der Waals surface area contributed by atoms with Gasteiger partial charge in [-0.2, -0.15) is 8.42 Å². The summed E-state index contributed by atoms with van der Waals surface area (Å²) < 4.78 is 28.6. The fraction of sp³-hybridized carbons (Fsp3) is 0. The van der Waals surface area contributed by atoms with Crippen LogP contribution in [0, 0.1) is 13.7 Å². The van der Waals surface area contributed by atoms with Gasteiger partial charge < -0.3 is 0 Å². The summed E-state index contributed by atoms with van der Waals surface area (Å²) in [6.45, 7) is 0. The number of nitrogens with zero attached hydrogens (tertiary/aromatic N) is 2. The van der Waals surface area contributed by atoms with Crippen LogP contribution in [0.1, 0.15) is 0 Å². The van der Waals surface area contributed by atoms with E-state index < -0.39 is 36.0 Å². The highest BCUT2D eigenvalue weighted by Gasteiger charge is 2.14. The maximum atomic E-state index is 12.0. The lowest BCUT2D eigenvalue weighted by molar-refractivity contribution is -0.384. The molecule has 0 unspecified atom stereocenters. The molecule has 0 bridgehead atoms. The van der Waals surface area contributed by atoms with E-state index in [4.69, 9.17) is 0 Å². The van der Waals surface area contributed by atoms with E-state index in [0.717, 1.165) is 15.7 Å². The summed E-state index contributed by atoms with van der Waals surface area (Å²) in [6.07, 6.45) is 0. The predicted octanol–water partition coefficient (Wildman–Crippen LogP) is 3.31. The molecule has 2 aromatic rings. The Labute approximate surface area is 125 Å². The van der Waals surface area contributed by atoms with Crippen molar-refractivity contribution in [3.63, 3.8) is 0 Å². The van der Waals surface area contributed by atoms with Crippen molar-refractivity contribution in [2.45, 2.75) is 4.90 Å². The van der Waals surface area contributed by atoms with E-state index in [0.29, 0.717) is 0 Å². The number of non-ortho nitro benzene ring substituents is 1. The Morgan fingerprint density at radius 2 is 1.60 bits per heavy atom. The van der Waals surface area contributed by atoms with E-state index in [1.807, 2.05) is 30.3 Å². The second-order valence-electron chi connectivity index (χ2n) is 3.68. The molecule has 0 aliphatic carbocycles. The zero-order valence-electron chi connectivity index (χ0n) is 10.0. The van der Waals surface area contributed by atoms with Gasteiger partial charge in [-0.05, 0) is 24.3 Å². The number of rotatable bonds is 4. The standard InChI is InChI=1S/C12H9IN2O4S/c16-15(17)11-6-8-12(9-7-11)20(18,19)14-13-10-4-2-1-3-5-10/h1-9H. The maximum Gasteiger partial charge on any atom is 0.286 e. The molecule has 20 heavy (non-hydrogen) atoms. The van der Waals surface area contributed by atoms with Gasteiger partial charge in [0.2, 0.25) is 0 Å². The molecule has 0 fully saturated rings. The quantitative estimate of drug-likeness (QED) is 0.444. The number of hydrogen-bond acceptors (Lipinski definition) is 4. The van der Waals surface area contributed by atoms with Gasteiger partial charge in [0.25, 0.3) is 15.7 Å². The largest absolute Gasteiger partial charge is 0.286 e. The summed E-state index contributed by atoms with van der Waals surface area (Å²) in [6, 6.07) is 13.8. The van der Waals surface area contributed by atoms with Gasteiger partial charge >= 0.3 is 0 Å². The van der Waals surface area contributed by atoms with E-state index in [-0.39, 0.29) is 10.6 Å². The fourth-order valence-corrected chi connectivity index (χ4v) is 4.95. The molecule has 0 saturated carbocycles. The summed E-state index contributed by atoms with van der Waals surface area (Å²) in [5.41, 5.74) is -0.151. The molecule has 0 aliphatic heterocycles. The highest BCUT2D eigenvalue weighted by molar-refractivity contribution is 14.2. The van der Waals surface area contributed by atoms with Gasteiger partial charge in [-0.3, -0.25) is 10.1 Å². The molecule has 0 radical (unpaired) electrons. The third kappa shape index (κ3) is 3.67. The van der Waals surface area contributed by atoms with Crippen molar-refractivity contribution in [2.75, 3.05) is 0 Å². The number of nitro benzene ring substituents is 1. The number of benzene rings is 2. The van der Waals surface area contributed by atoms with E-state index in [9.17, 15) is 18.5 Å². The SMILES string of the molecule is O=[N+]([O-])c1ccc(S(=O)(=O)N=Ic2ccccc2)cc1. The molecule has 0 aliphatic rings. The van der Waals surface area contributed by atoms with Crippen molar-refractivity contribution in [3.05, 3.63) is 68.3 Å². The molecule has 2 aromatic carbocycles. The van der Waals surface area contributed by atoms with Gasteiger partial charge in [0.1, 0.15) is 0 Å². The minimum atomic E-state index is -3.75. The van der Waals surface area contributed by atoms with Crippen molar-refractivity contribution in [1.82, 2.24) is 0 Å². The molecule has 8 heteroatoms. The smallest absolute Gasteiger partial charge is 0.258 e. The molecule has 0 saturated heterocycles. The molecule has 0 spiro atoms. The Morgan fingerprint density at radius 3 is 2.15 bits per heavy atom.